The van der Waals surface area contributed by atoms with Crippen molar-refractivity contribution in [1.82, 2.24) is 113 Å². The molecule has 6 N–H and O–H groups in total. The molecule has 9 aliphatic rings. The topological polar surface area (TPSA) is 358 Å². The number of nitrogens with zero attached hydrogens (tertiary/aromatic N) is 26. The van der Waals surface area contributed by atoms with Crippen molar-refractivity contribution in [2.24, 2.45) is 23.3 Å². The van der Waals surface area contributed by atoms with E-state index in [9.17, 15) is 23.6 Å². The number of aryl methyl sites for hydroxylation is 7. The van der Waals surface area contributed by atoms with Gasteiger partial charge in [0.2, 0.25) is 0 Å². The van der Waals surface area contributed by atoms with Crippen LogP contribution in [0.15, 0.2) is 110 Å². The molecular weight excluding hydrogens is 1690 g/mol. The number of rotatable bonds is 13. The fraction of sp³-hybridized carbons (Fsp3) is 0.495. The molecule has 700 valence electrons. The highest BCUT2D eigenvalue weighted by Gasteiger charge is 2.39. The Bertz CT molecular complexity index is 6730. The van der Waals surface area contributed by atoms with E-state index in [1.54, 1.807) is 18.5 Å². The van der Waals surface area contributed by atoms with Crippen LogP contribution in [-0.2, 0) is 0 Å². The fourth-order valence-corrected chi connectivity index (χ4v) is 21.7. The minimum Gasteiger partial charge on any atom is -0.357 e. The number of anilines is 5. The first-order valence-corrected chi connectivity index (χ1v) is 48.5. The van der Waals surface area contributed by atoms with Gasteiger partial charge in [0.15, 0.2) is 28.2 Å². The zero-order valence-corrected chi connectivity index (χ0v) is 78.4. The van der Waals surface area contributed by atoms with E-state index in [1.807, 2.05) is 118 Å². The molecular formula is C99H123FN30O4. The monoisotopic (exact) mass is 1820 g/mol. The molecule has 0 unspecified atom stereocenters. The smallest absolute Gasteiger partial charge is 0.271 e. The number of nitrogens with two attached hydrogens (primary N) is 2. The number of H-pyrrole nitrogens is 2. The Morgan fingerprint density at radius 2 is 0.858 bits per heavy atom. The molecule has 13 aromatic heterocycles. The largest absolute Gasteiger partial charge is 0.357 e. The molecule has 8 atom stereocenters. The third kappa shape index (κ3) is 17.7. The average Bonchev–Trinajstić information content (AvgIpc) is 1.48. The van der Waals surface area contributed by atoms with E-state index in [2.05, 4.69) is 121 Å². The van der Waals surface area contributed by atoms with Gasteiger partial charge in [-0.05, 0) is 224 Å². The molecule has 9 saturated heterocycles. The van der Waals surface area contributed by atoms with Crippen molar-refractivity contribution in [3.8, 4) is 0 Å². The highest BCUT2D eigenvalue weighted by Crippen LogP contribution is 2.41. The zero-order valence-electron chi connectivity index (χ0n) is 78.4. The lowest BCUT2D eigenvalue weighted by Gasteiger charge is -2.35. The predicted octanol–water partition coefficient (Wildman–Crippen LogP) is 13.7. The van der Waals surface area contributed by atoms with Gasteiger partial charge in [0.25, 0.3) is 23.6 Å². The number of benzene rings is 1. The van der Waals surface area contributed by atoms with E-state index < -0.39 is 0 Å². The zero-order chi connectivity index (χ0) is 92.4. The van der Waals surface area contributed by atoms with E-state index in [1.165, 1.54) is 37.8 Å². The van der Waals surface area contributed by atoms with Crippen LogP contribution in [-0.4, -0.2) is 240 Å². The fourth-order valence-electron chi connectivity index (χ4n) is 21.7. The maximum Gasteiger partial charge on any atom is 0.271 e. The Morgan fingerprint density at radius 3 is 1.28 bits per heavy atom. The minimum absolute atomic E-state index is 0.0129. The summed E-state index contributed by atoms with van der Waals surface area (Å²) < 4.78 is 23.1. The van der Waals surface area contributed by atoms with Gasteiger partial charge in [0, 0.05) is 210 Å². The van der Waals surface area contributed by atoms with E-state index >= 15 is 0 Å². The molecule has 1 aromatic carbocycles. The predicted molar refractivity (Wildman–Crippen MR) is 513 cm³/mol. The molecule has 134 heavy (non-hydrogen) atoms. The van der Waals surface area contributed by atoms with Crippen molar-refractivity contribution < 1.29 is 23.6 Å². The average molecular weight is 1820 g/mol. The van der Waals surface area contributed by atoms with Gasteiger partial charge in [-0.3, -0.25) is 28.7 Å². The summed E-state index contributed by atoms with van der Waals surface area (Å²) >= 11 is 0. The highest BCUT2D eigenvalue weighted by molar-refractivity contribution is 6.02. The molecule has 35 heteroatoms. The summed E-state index contributed by atoms with van der Waals surface area (Å²) in [5.74, 6) is 6.79. The number of carbonyl (C=O) groups is 4. The quantitative estimate of drug-likeness (QED) is 0.0833. The number of aromatic nitrogens is 19. The Labute approximate surface area is 778 Å². The van der Waals surface area contributed by atoms with Crippen molar-refractivity contribution >= 4 is 91.9 Å². The Balaban J connectivity index is 0.000000111. The van der Waals surface area contributed by atoms with Crippen LogP contribution >= 0.6 is 0 Å². The molecule has 34 nitrogen and oxygen atoms in total. The van der Waals surface area contributed by atoms with Gasteiger partial charge >= 0.3 is 0 Å². The summed E-state index contributed by atoms with van der Waals surface area (Å²) in [6.07, 6.45) is 32.0. The summed E-state index contributed by atoms with van der Waals surface area (Å²) in [6, 6.07) is 20.4. The van der Waals surface area contributed by atoms with Gasteiger partial charge in [-0.25, -0.2) is 47.4 Å². The van der Waals surface area contributed by atoms with Crippen molar-refractivity contribution in [3.63, 3.8) is 0 Å². The van der Waals surface area contributed by atoms with Crippen molar-refractivity contribution in [1.29, 1.82) is 0 Å². The summed E-state index contributed by atoms with van der Waals surface area (Å²) in [5, 5.41) is 35.5. The van der Waals surface area contributed by atoms with Gasteiger partial charge in [-0.15, -0.1) is 10.2 Å². The third-order valence-corrected chi connectivity index (χ3v) is 29.0. The van der Waals surface area contributed by atoms with Crippen molar-refractivity contribution in [2.45, 2.75) is 214 Å². The normalized spacial score (nSPS) is 21.8. The number of pyridine rings is 2. The number of fused-ring (bicyclic) bond motifs is 6. The number of piperidine rings is 4. The third-order valence-electron chi connectivity index (χ3n) is 29.0. The highest BCUT2D eigenvalue weighted by atomic mass is 19.1. The van der Waals surface area contributed by atoms with Crippen LogP contribution in [0.5, 0.6) is 0 Å². The lowest BCUT2D eigenvalue weighted by atomic mass is 9.98. The number of amides is 4. The summed E-state index contributed by atoms with van der Waals surface area (Å²) in [7, 11) is 0. The lowest BCUT2D eigenvalue weighted by molar-refractivity contribution is 0.0594. The Morgan fingerprint density at radius 1 is 0.433 bits per heavy atom. The first-order valence-electron chi connectivity index (χ1n) is 48.5. The minimum atomic E-state index is -0.301. The second-order valence-electron chi connectivity index (χ2n) is 38.9. The van der Waals surface area contributed by atoms with Crippen molar-refractivity contribution in [2.75, 3.05) is 116 Å². The Hall–Kier alpha value is -13.1. The van der Waals surface area contributed by atoms with E-state index in [0.717, 1.165) is 293 Å². The summed E-state index contributed by atoms with van der Waals surface area (Å²) in [6.45, 7) is 31.1. The number of nitrogens with one attached hydrogen (secondary N) is 2. The summed E-state index contributed by atoms with van der Waals surface area (Å²) in [4.78, 5) is 101. The van der Waals surface area contributed by atoms with Crippen molar-refractivity contribution in [3.05, 3.63) is 200 Å². The standard InChI is InChI=1S/C27H31FN6O.C26H34N8O.C25H30N8O.C21H28N8O/c1-16-9-11-32(14-16)26-17(2)15-34-24(30-26)13-22(31-34)23-6-4-5-10-33(23)27(35)25-18(3)20-12-19(28)7-8-21(20)29-25;1-18-16-34-24(29-25(18)32-13-8-20(27)17-32)15-21(30-34)22-6-2-3-12-33(22)26(35)19-7-9-28-23(14-19)31-10-4-5-11-31;1-16-9-12-30(14-16)23-17(2)15-33-22(26-23)13-20(29-33)21-8-4-5-10-32(21)25(34)19-7-6-11-31-18(3)27-28-24(19)31;1-13-11-29-19(24-20(13)27-8-6-15(22)12-27)9-17(26-29)18-5-3-4-7-28(18)21(30)16-10-23-25-14(16)2/h7-8,12-13,15-16,23,29H,4-6,9-11,14H2,1-3H3;7,9,14-16,20,22H,2-6,8,10-13,17,27H2,1H3;6-7,11,13,15-16,21H,4-5,8-10,12,14H2,1-3H3;9-11,15,18H,3-8,12,22H2,1-2H3,(H,23,25)/t16-,23-;20-,22-;16-,21-;15-,18-/m0000/s1. The molecule has 4 amide bonds. The molecule has 0 aliphatic carbocycles. The van der Waals surface area contributed by atoms with Gasteiger partial charge in [0.1, 0.15) is 46.4 Å². The molecule has 14 aromatic rings. The van der Waals surface area contributed by atoms with Gasteiger partial charge in [-0.1, -0.05) is 13.8 Å². The number of likely N-dealkylation sites (tertiary alicyclic amines) is 4. The van der Waals surface area contributed by atoms with Gasteiger partial charge in [0.05, 0.1) is 64.3 Å². The molecule has 0 saturated carbocycles. The van der Waals surface area contributed by atoms with Gasteiger partial charge in [-0.2, -0.15) is 25.5 Å². The number of carbonyl (C=O) groups excluding carboxylic acids is 4. The van der Waals surface area contributed by atoms with Crippen LogP contribution in [0.25, 0.3) is 39.1 Å². The second-order valence-corrected chi connectivity index (χ2v) is 38.9. The van der Waals surface area contributed by atoms with Crippen LogP contribution in [0.1, 0.15) is 257 Å². The Kier molecular flexibility index (Phi) is 24.8. The second kappa shape index (κ2) is 37.4. The number of hydrogen-bond acceptors (Lipinski definition) is 23. The molecule has 9 fully saturated rings. The van der Waals surface area contributed by atoms with E-state index in [4.69, 9.17) is 51.8 Å². The van der Waals surface area contributed by atoms with E-state index in [0.29, 0.717) is 53.0 Å². The maximum absolute atomic E-state index is 13.8. The van der Waals surface area contributed by atoms with Crippen LogP contribution in [0.2, 0.25) is 0 Å². The molecule has 0 radical (unpaired) electrons. The first kappa shape index (κ1) is 88.9. The molecule has 0 bridgehead atoms. The molecule has 0 spiro atoms. The molecule has 22 heterocycles. The van der Waals surface area contributed by atoms with Crippen LogP contribution in [0, 0.1) is 66.1 Å². The number of hydrogen-bond donors (Lipinski definition) is 4. The van der Waals surface area contributed by atoms with E-state index in [-0.39, 0.29) is 65.7 Å². The first-order chi connectivity index (χ1) is 64.9. The van der Waals surface area contributed by atoms with Crippen LogP contribution < -0.4 is 36.0 Å². The lowest BCUT2D eigenvalue weighted by Crippen LogP contribution is -2.39. The SMILES string of the molecule is Cc1cn2nc([C@@H]3CCCCN3C(=O)c3[nH]c4ccc(F)cc4c3C)cc2nc1N1CC[C@H](C)C1.Cc1cn2nc([C@@H]3CCCCN3C(=O)c3cccn4c(C)nnc34)cc2nc1N1CC[C@H](C)C1.Cc1cn2nc([C@@H]3CCCCN3C(=O)c3ccnc(N4CCCC4)c3)cc2nc1N1CC[C@H](N)C1.Cc1cn2nc([C@@H]3CCCCN3C(=O)c3cn[nH]c3C)cc2nc1N1CC[C@H](N)C1. The van der Waals surface area contributed by atoms with Crippen LogP contribution in [0.4, 0.5) is 33.5 Å². The number of aromatic amines is 2. The maximum atomic E-state index is 13.8. The molecule has 9 aliphatic heterocycles. The van der Waals surface area contributed by atoms with Gasteiger partial charge < -0.3 is 60.6 Å². The van der Waals surface area contributed by atoms with Crippen LogP contribution in [0.3, 0.4) is 0 Å². The summed E-state index contributed by atoms with van der Waals surface area (Å²) in [5.41, 5.74) is 28.9. The number of halogens is 1. The molecule has 23 rings (SSSR count).